The SMILES string of the molecule is NCC(Cl)C(=O)c1ccc(Cl)cc1Cl. The number of alkyl halides is 1. The maximum absolute atomic E-state index is 11.6. The second kappa shape index (κ2) is 4.99. The summed E-state index contributed by atoms with van der Waals surface area (Å²) < 4.78 is 0. The molecule has 2 nitrogen and oxygen atoms in total. The molecule has 0 fully saturated rings. The van der Waals surface area contributed by atoms with Crippen LogP contribution >= 0.6 is 34.8 Å². The second-order valence-electron chi connectivity index (χ2n) is 2.69. The minimum atomic E-state index is -0.742. The van der Waals surface area contributed by atoms with Crippen molar-refractivity contribution >= 4 is 40.6 Å². The predicted octanol–water partition coefficient (Wildman–Crippen LogP) is 2.74. The largest absolute Gasteiger partial charge is 0.329 e. The third-order valence-electron chi connectivity index (χ3n) is 1.69. The zero-order chi connectivity index (χ0) is 10.7. The molecule has 14 heavy (non-hydrogen) atoms. The minimum Gasteiger partial charge on any atom is -0.329 e. The number of ketones is 1. The standard InChI is InChI=1S/C9H8Cl3NO/c10-5-1-2-6(7(11)3-5)9(14)8(12)4-13/h1-3,8H,4,13H2. The molecule has 1 unspecified atom stereocenters. The summed E-state index contributed by atoms with van der Waals surface area (Å²) in [7, 11) is 0. The van der Waals surface area contributed by atoms with Crippen molar-refractivity contribution in [2.24, 2.45) is 5.73 Å². The maximum atomic E-state index is 11.6. The summed E-state index contributed by atoms with van der Waals surface area (Å²) in [4.78, 5) is 11.6. The van der Waals surface area contributed by atoms with Crippen molar-refractivity contribution in [2.45, 2.75) is 5.38 Å². The van der Waals surface area contributed by atoms with Gasteiger partial charge in [-0.1, -0.05) is 23.2 Å². The molecule has 0 saturated carbocycles. The van der Waals surface area contributed by atoms with E-state index in [1.54, 1.807) is 6.07 Å². The molecule has 0 bridgehead atoms. The second-order valence-corrected chi connectivity index (χ2v) is 4.06. The highest BCUT2D eigenvalue weighted by Crippen LogP contribution is 2.22. The van der Waals surface area contributed by atoms with E-state index >= 15 is 0 Å². The van der Waals surface area contributed by atoms with Crippen LogP contribution in [0, 0.1) is 0 Å². The number of rotatable bonds is 3. The number of benzene rings is 1. The zero-order valence-electron chi connectivity index (χ0n) is 7.14. The number of nitrogens with two attached hydrogens (primary N) is 1. The first-order valence-electron chi connectivity index (χ1n) is 3.89. The summed E-state index contributed by atoms with van der Waals surface area (Å²) in [6, 6.07) is 4.62. The van der Waals surface area contributed by atoms with E-state index in [4.69, 9.17) is 40.5 Å². The van der Waals surface area contributed by atoms with E-state index in [1.165, 1.54) is 12.1 Å². The highest BCUT2D eigenvalue weighted by molar-refractivity contribution is 6.40. The summed E-state index contributed by atoms with van der Waals surface area (Å²) in [5.74, 6) is -0.282. The number of carbonyl (C=O) groups is 1. The molecule has 0 aromatic heterocycles. The predicted molar refractivity (Wildman–Crippen MR) is 59.5 cm³/mol. The molecule has 1 rings (SSSR count). The van der Waals surface area contributed by atoms with Crippen molar-refractivity contribution in [3.8, 4) is 0 Å². The average molecular weight is 253 g/mol. The first kappa shape index (κ1) is 11.8. The molecule has 0 heterocycles. The van der Waals surface area contributed by atoms with Crippen LogP contribution in [0.1, 0.15) is 10.4 Å². The topological polar surface area (TPSA) is 43.1 Å². The molecule has 0 radical (unpaired) electrons. The van der Waals surface area contributed by atoms with E-state index in [9.17, 15) is 4.79 Å². The van der Waals surface area contributed by atoms with Gasteiger partial charge in [-0.3, -0.25) is 4.79 Å². The molecule has 1 aromatic rings. The normalized spacial score (nSPS) is 12.6. The van der Waals surface area contributed by atoms with Crippen LogP contribution in [0.15, 0.2) is 18.2 Å². The van der Waals surface area contributed by atoms with Crippen LogP contribution in [-0.4, -0.2) is 17.7 Å². The smallest absolute Gasteiger partial charge is 0.183 e. The molecule has 1 atom stereocenters. The van der Waals surface area contributed by atoms with Gasteiger partial charge in [0, 0.05) is 17.1 Å². The molecule has 0 spiro atoms. The summed E-state index contributed by atoms with van der Waals surface area (Å²) in [6.45, 7) is 0.0827. The van der Waals surface area contributed by atoms with Crippen molar-refractivity contribution < 1.29 is 4.79 Å². The van der Waals surface area contributed by atoms with Gasteiger partial charge in [-0.15, -0.1) is 11.6 Å². The van der Waals surface area contributed by atoms with Gasteiger partial charge in [-0.25, -0.2) is 0 Å². The fourth-order valence-corrected chi connectivity index (χ4v) is 1.58. The summed E-state index contributed by atoms with van der Waals surface area (Å²) in [6.07, 6.45) is 0. The molecule has 0 aliphatic heterocycles. The van der Waals surface area contributed by atoms with Gasteiger partial charge in [-0.05, 0) is 18.2 Å². The van der Waals surface area contributed by atoms with E-state index in [1.807, 2.05) is 0 Å². The van der Waals surface area contributed by atoms with Gasteiger partial charge in [0.15, 0.2) is 5.78 Å². The van der Waals surface area contributed by atoms with Crippen LogP contribution < -0.4 is 5.73 Å². The molecule has 0 aliphatic carbocycles. The van der Waals surface area contributed by atoms with Gasteiger partial charge >= 0.3 is 0 Å². The molecule has 0 saturated heterocycles. The Morgan fingerprint density at radius 1 is 1.43 bits per heavy atom. The van der Waals surface area contributed by atoms with Crippen molar-refractivity contribution in [1.29, 1.82) is 0 Å². The van der Waals surface area contributed by atoms with Crippen molar-refractivity contribution in [2.75, 3.05) is 6.54 Å². The Balaban J connectivity index is 3.02. The Morgan fingerprint density at radius 3 is 2.57 bits per heavy atom. The number of Topliss-reactive ketones (excluding diaryl/α,β-unsaturated/α-hetero) is 1. The Bertz CT molecular complexity index is 354. The Kier molecular flexibility index (Phi) is 4.20. The van der Waals surface area contributed by atoms with Gasteiger partial charge in [0.25, 0.3) is 0 Å². The lowest BCUT2D eigenvalue weighted by Gasteiger charge is -2.07. The van der Waals surface area contributed by atoms with Crippen molar-refractivity contribution in [3.05, 3.63) is 33.8 Å². The molecular weight excluding hydrogens is 244 g/mol. The highest BCUT2D eigenvalue weighted by atomic mass is 35.5. The first-order chi connectivity index (χ1) is 6.56. The number of halogens is 3. The van der Waals surface area contributed by atoms with Crippen molar-refractivity contribution in [1.82, 2.24) is 0 Å². The highest BCUT2D eigenvalue weighted by Gasteiger charge is 2.18. The van der Waals surface area contributed by atoms with Crippen LogP contribution in [0.5, 0.6) is 0 Å². The lowest BCUT2D eigenvalue weighted by atomic mass is 10.1. The molecule has 2 N–H and O–H groups in total. The van der Waals surface area contributed by atoms with Gasteiger partial charge in [0.2, 0.25) is 0 Å². The Labute approximate surface area is 96.9 Å². The quantitative estimate of drug-likeness (QED) is 0.664. The van der Waals surface area contributed by atoms with Gasteiger partial charge in [-0.2, -0.15) is 0 Å². The Hall–Kier alpha value is -0.280. The lowest BCUT2D eigenvalue weighted by Crippen LogP contribution is -2.24. The first-order valence-corrected chi connectivity index (χ1v) is 5.09. The third-order valence-corrected chi connectivity index (χ3v) is 2.61. The number of hydrogen-bond donors (Lipinski definition) is 1. The zero-order valence-corrected chi connectivity index (χ0v) is 9.40. The molecule has 0 aliphatic rings. The van der Waals surface area contributed by atoms with Crippen LogP contribution in [0.4, 0.5) is 0 Å². The van der Waals surface area contributed by atoms with Crippen LogP contribution in [-0.2, 0) is 0 Å². The molecule has 1 aromatic carbocycles. The molecule has 5 heteroatoms. The van der Waals surface area contributed by atoms with E-state index in [-0.39, 0.29) is 12.3 Å². The fourth-order valence-electron chi connectivity index (χ4n) is 0.965. The summed E-state index contributed by atoms with van der Waals surface area (Å²) >= 11 is 17.2. The molecule has 0 amide bonds. The minimum absolute atomic E-state index is 0.0827. The molecular formula is C9H8Cl3NO. The van der Waals surface area contributed by atoms with Gasteiger partial charge in [0.1, 0.15) is 5.38 Å². The van der Waals surface area contributed by atoms with Crippen LogP contribution in [0.2, 0.25) is 10.0 Å². The number of carbonyl (C=O) groups excluding carboxylic acids is 1. The third kappa shape index (κ3) is 2.61. The van der Waals surface area contributed by atoms with E-state index < -0.39 is 5.38 Å². The summed E-state index contributed by atoms with van der Waals surface area (Å²) in [5.41, 5.74) is 5.62. The average Bonchev–Trinajstić information content (AvgIpc) is 2.15. The van der Waals surface area contributed by atoms with E-state index in [0.717, 1.165) is 0 Å². The van der Waals surface area contributed by atoms with Crippen LogP contribution in [0.3, 0.4) is 0 Å². The lowest BCUT2D eigenvalue weighted by molar-refractivity contribution is 0.0989. The maximum Gasteiger partial charge on any atom is 0.183 e. The number of hydrogen-bond acceptors (Lipinski definition) is 2. The summed E-state index contributed by atoms with van der Waals surface area (Å²) in [5, 5.41) is 0.0284. The van der Waals surface area contributed by atoms with Crippen LogP contribution in [0.25, 0.3) is 0 Å². The van der Waals surface area contributed by atoms with E-state index in [0.29, 0.717) is 15.6 Å². The van der Waals surface area contributed by atoms with Gasteiger partial charge in [0.05, 0.1) is 5.02 Å². The fraction of sp³-hybridized carbons (Fsp3) is 0.222. The van der Waals surface area contributed by atoms with Gasteiger partial charge < -0.3 is 5.73 Å². The van der Waals surface area contributed by atoms with E-state index in [2.05, 4.69) is 0 Å². The molecule has 76 valence electrons. The Morgan fingerprint density at radius 2 is 2.07 bits per heavy atom. The van der Waals surface area contributed by atoms with Crippen molar-refractivity contribution in [3.63, 3.8) is 0 Å². The monoisotopic (exact) mass is 251 g/mol.